The van der Waals surface area contributed by atoms with Crippen molar-refractivity contribution in [3.05, 3.63) is 23.0 Å². The summed E-state index contributed by atoms with van der Waals surface area (Å²) >= 11 is 0. The van der Waals surface area contributed by atoms with Crippen molar-refractivity contribution < 1.29 is 9.59 Å². The van der Waals surface area contributed by atoms with Crippen LogP contribution in [0.5, 0.6) is 0 Å². The summed E-state index contributed by atoms with van der Waals surface area (Å²) in [6, 6.07) is 1.83. The number of H-pyrrole nitrogens is 1. The van der Waals surface area contributed by atoms with Crippen molar-refractivity contribution in [3.63, 3.8) is 0 Å². The third kappa shape index (κ3) is 3.63. The topological polar surface area (TPSA) is 94.2 Å². The Kier molecular flexibility index (Phi) is 4.71. The van der Waals surface area contributed by atoms with E-state index in [4.69, 9.17) is 0 Å². The average molecular weight is 344 g/mol. The maximum Gasteiger partial charge on any atom is 0.252 e. The first-order chi connectivity index (χ1) is 11.8. The summed E-state index contributed by atoms with van der Waals surface area (Å²) in [6.45, 7) is 5.61. The number of fused-ring (bicyclic) bond motifs is 1. The highest BCUT2D eigenvalue weighted by molar-refractivity contribution is 6.06. The number of carbonyl (C=O) groups excluding carboxylic acids is 2. The Labute approximate surface area is 146 Å². The first-order valence-corrected chi connectivity index (χ1v) is 8.41. The summed E-state index contributed by atoms with van der Waals surface area (Å²) in [6.07, 6.45) is 0.837. The zero-order chi connectivity index (χ0) is 18.1. The SMILES string of the molecule is Cc1cc(C(=O)N[C@@H]2CCN(CC(=O)N(C)C)C2)c2c(C)[nH]nc2n1. The molecular weight excluding hydrogens is 320 g/mol. The first kappa shape index (κ1) is 17.3. The molecule has 8 heteroatoms. The van der Waals surface area contributed by atoms with Crippen LogP contribution in [0.15, 0.2) is 6.07 Å². The number of aromatic amines is 1. The van der Waals surface area contributed by atoms with Gasteiger partial charge in [0.2, 0.25) is 5.91 Å². The van der Waals surface area contributed by atoms with E-state index in [0.717, 1.165) is 29.7 Å². The minimum atomic E-state index is -0.120. The van der Waals surface area contributed by atoms with Gasteiger partial charge in [-0.1, -0.05) is 0 Å². The molecular formula is C17H24N6O2. The molecule has 1 aliphatic rings. The van der Waals surface area contributed by atoms with E-state index >= 15 is 0 Å². The second-order valence-electron chi connectivity index (χ2n) is 6.84. The number of carbonyl (C=O) groups is 2. The van der Waals surface area contributed by atoms with Gasteiger partial charge >= 0.3 is 0 Å². The Morgan fingerprint density at radius 1 is 1.40 bits per heavy atom. The Morgan fingerprint density at radius 2 is 2.16 bits per heavy atom. The zero-order valence-corrected chi connectivity index (χ0v) is 15.1. The second-order valence-corrected chi connectivity index (χ2v) is 6.84. The molecule has 0 unspecified atom stereocenters. The number of hydrogen-bond acceptors (Lipinski definition) is 5. The van der Waals surface area contributed by atoms with Crippen molar-refractivity contribution in [3.8, 4) is 0 Å². The van der Waals surface area contributed by atoms with Gasteiger partial charge in [-0.15, -0.1) is 0 Å². The van der Waals surface area contributed by atoms with Gasteiger partial charge in [0.25, 0.3) is 5.91 Å². The molecule has 0 saturated carbocycles. The lowest BCUT2D eigenvalue weighted by Gasteiger charge is -2.18. The number of likely N-dealkylation sites (N-methyl/N-ethyl adjacent to an activating group) is 1. The molecule has 1 saturated heterocycles. The highest BCUT2D eigenvalue weighted by Crippen LogP contribution is 2.20. The largest absolute Gasteiger partial charge is 0.348 e. The Balaban J connectivity index is 1.70. The molecule has 2 N–H and O–H groups in total. The number of aryl methyl sites for hydroxylation is 2. The zero-order valence-electron chi connectivity index (χ0n) is 15.1. The van der Waals surface area contributed by atoms with Gasteiger partial charge in [0, 0.05) is 44.6 Å². The van der Waals surface area contributed by atoms with Gasteiger partial charge in [-0.05, 0) is 26.3 Å². The van der Waals surface area contributed by atoms with Gasteiger partial charge in [0.05, 0.1) is 17.5 Å². The van der Waals surface area contributed by atoms with Crippen LogP contribution in [0.3, 0.4) is 0 Å². The fraction of sp³-hybridized carbons (Fsp3) is 0.529. The molecule has 134 valence electrons. The molecule has 0 aromatic carbocycles. The number of nitrogens with zero attached hydrogens (tertiary/aromatic N) is 4. The van der Waals surface area contributed by atoms with Crippen LogP contribution in [0.25, 0.3) is 11.0 Å². The van der Waals surface area contributed by atoms with Crippen molar-refractivity contribution in [2.75, 3.05) is 33.7 Å². The number of amides is 2. The van der Waals surface area contributed by atoms with E-state index in [0.29, 0.717) is 24.3 Å². The molecule has 1 aliphatic heterocycles. The molecule has 2 aromatic rings. The van der Waals surface area contributed by atoms with Gasteiger partial charge in [0.1, 0.15) is 0 Å². The van der Waals surface area contributed by atoms with Gasteiger partial charge < -0.3 is 10.2 Å². The molecule has 0 aliphatic carbocycles. The van der Waals surface area contributed by atoms with Crippen LogP contribution in [0.1, 0.15) is 28.2 Å². The van der Waals surface area contributed by atoms with Crippen LogP contribution in [-0.4, -0.2) is 76.6 Å². The highest BCUT2D eigenvalue weighted by Gasteiger charge is 2.27. The van der Waals surface area contributed by atoms with E-state index in [9.17, 15) is 9.59 Å². The van der Waals surface area contributed by atoms with Crippen LogP contribution in [0.2, 0.25) is 0 Å². The Bertz CT molecular complexity index is 813. The average Bonchev–Trinajstić information content (AvgIpc) is 3.13. The molecule has 0 radical (unpaired) electrons. The number of nitrogens with one attached hydrogen (secondary N) is 2. The lowest BCUT2D eigenvalue weighted by atomic mass is 10.1. The van der Waals surface area contributed by atoms with E-state index in [-0.39, 0.29) is 17.9 Å². The highest BCUT2D eigenvalue weighted by atomic mass is 16.2. The van der Waals surface area contributed by atoms with E-state index in [1.165, 1.54) is 0 Å². The molecule has 1 atom stereocenters. The van der Waals surface area contributed by atoms with Crippen molar-refractivity contribution >= 4 is 22.8 Å². The third-order valence-electron chi connectivity index (χ3n) is 4.54. The number of pyridine rings is 1. The fourth-order valence-electron chi connectivity index (χ4n) is 3.17. The molecule has 25 heavy (non-hydrogen) atoms. The van der Waals surface area contributed by atoms with Crippen LogP contribution < -0.4 is 5.32 Å². The number of rotatable bonds is 4. The predicted octanol–water partition coefficient (Wildman–Crippen LogP) is 0.467. The second kappa shape index (κ2) is 6.79. The molecule has 2 amide bonds. The summed E-state index contributed by atoms with van der Waals surface area (Å²) in [5, 5.41) is 10.9. The summed E-state index contributed by atoms with van der Waals surface area (Å²) < 4.78 is 0. The normalized spacial score (nSPS) is 17.8. The van der Waals surface area contributed by atoms with Crippen LogP contribution in [0.4, 0.5) is 0 Å². The van der Waals surface area contributed by atoms with Gasteiger partial charge in [-0.25, -0.2) is 4.98 Å². The molecule has 0 bridgehead atoms. The fourth-order valence-corrected chi connectivity index (χ4v) is 3.17. The molecule has 3 heterocycles. The monoisotopic (exact) mass is 344 g/mol. The minimum absolute atomic E-state index is 0.0400. The van der Waals surface area contributed by atoms with E-state index in [2.05, 4.69) is 25.4 Å². The summed E-state index contributed by atoms with van der Waals surface area (Å²) in [5.41, 5.74) is 2.75. The maximum absolute atomic E-state index is 12.8. The lowest BCUT2D eigenvalue weighted by molar-refractivity contribution is -0.129. The summed E-state index contributed by atoms with van der Waals surface area (Å²) in [7, 11) is 3.50. The predicted molar refractivity (Wildman–Crippen MR) is 94.4 cm³/mol. The lowest BCUT2D eigenvalue weighted by Crippen LogP contribution is -2.40. The molecule has 0 spiro atoms. The van der Waals surface area contributed by atoms with Crippen molar-refractivity contribution in [2.45, 2.75) is 26.3 Å². The summed E-state index contributed by atoms with van der Waals surface area (Å²) in [5.74, 6) is -0.0433. The van der Waals surface area contributed by atoms with Gasteiger partial charge in [-0.2, -0.15) is 5.10 Å². The number of hydrogen-bond donors (Lipinski definition) is 2. The van der Waals surface area contributed by atoms with E-state index in [1.54, 1.807) is 25.1 Å². The van der Waals surface area contributed by atoms with Crippen LogP contribution in [-0.2, 0) is 4.79 Å². The smallest absolute Gasteiger partial charge is 0.252 e. The molecule has 8 nitrogen and oxygen atoms in total. The molecule has 1 fully saturated rings. The van der Waals surface area contributed by atoms with Crippen LogP contribution >= 0.6 is 0 Å². The van der Waals surface area contributed by atoms with Crippen molar-refractivity contribution in [1.82, 2.24) is 30.3 Å². The van der Waals surface area contributed by atoms with Crippen molar-refractivity contribution in [1.29, 1.82) is 0 Å². The van der Waals surface area contributed by atoms with Crippen molar-refractivity contribution in [2.24, 2.45) is 0 Å². The number of likely N-dealkylation sites (tertiary alicyclic amines) is 1. The quantitative estimate of drug-likeness (QED) is 0.841. The van der Waals surface area contributed by atoms with Gasteiger partial charge in [0.15, 0.2) is 5.65 Å². The van der Waals surface area contributed by atoms with Crippen LogP contribution in [0, 0.1) is 13.8 Å². The Hall–Kier alpha value is -2.48. The maximum atomic E-state index is 12.8. The van der Waals surface area contributed by atoms with E-state index < -0.39 is 0 Å². The standard InChI is InChI=1S/C17H24N6O2/c1-10-7-13(15-11(2)20-21-16(15)18-10)17(25)19-12-5-6-23(8-12)9-14(24)22(3)4/h7,12H,5-6,8-9H2,1-4H3,(H,19,25)(H,18,20,21)/t12-/m1/s1. The third-order valence-corrected chi connectivity index (χ3v) is 4.54. The summed E-state index contributed by atoms with van der Waals surface area (Å²) in [4.78, 5) is 32.6. The Morgan fingerprint density at radius 3 is 2.88 bits per heavy atom. The minimum Gasteiger partial charge on any atom is -0.348 e. The molecule has 3 rings (SSSR count). The number of aromatic nitrogens is 3. The van der Waals surface area contributed by atoms with E-state index in [1.807, 2.05) is 13.8 Å². The first-order valence-electron chi connectivity index (χ1n) is 8.41. The molecule has 2 aromatic heterocycles. The van der Waals surface area contributed by atoms with Gasteiger partial charge in [-0.3, -0.25) is 19.6 Å².